The van der Waals surface area contributed by atoms with Gasteiger partial charge in [-0.2, -0.15) is 4.98 Å². The quantitative estimate of drug-likeness (QED) is 0.762. The number of hydrogen-bond acceptors (Lipinski definition) is 5. The van der Waals surface area contributed by atoms with Gasteiger partial charge in [0.1, 0.15) is 11.3 Å². The summed E-state index contributed by atoms with van der Waals surface area (Å²) in [6.45, 7) is 4.11. The largest absolute Gasteiger partial charge is 0.423 e. The van der Waals surface area contributed by atoms with Gasteiger partial charge in [0.25, 0.3) is 6.01 Å². The van der Waals surface area contributed by atoms with E-state index in [0.717, 1.165) is 25.7 Å². The first-order valence-electron chi connectivity index (χ1n) is 9.18. The van der Waals surface area contributed by atoms with Gasteiger partial charge in [-0.25, -0.2) is 17.5 Å². The highest BCUT2D eigenvalue weighted by atomic mass is 32.2. The lowest BCUT2D eigenvalue weighted by molar-refractivity contribution is 0.334. The maximum atomic E-state index is 13.2. The van der Waals surface area contributed by atoms with Gasteiger partial charge >= 0.3 is 0 Å². The van der Waals surface area contributed by atoms with Gasteiger partial charge in [0, 0.05) is 18.7 Å². The first-order chi connectivity index (χ1) is 12.4. The van der Waals surface area contributed by atoms with Gasteiger partial charge in [-0.05, 0) is 57.1 Å². The number of benzene rings is 1. The molecule has 3 rings (SSSR count). The molecule has 0 bridgehead atoms. The molecule has 144 valence electrons. The molecule has 2 N–H and O–H groups in total. The Balaban J connectivity index is 1.49. The molecule has 8 heteroatoms. The van der Waals surface area contributed by atoms with Crippen LogP contribution >= 0.6 is 0 Å². The molecule has 0 saturated heterocycles. The highest BCUT2D eigenvalue weighted by molar-refractivity contribution is 7.90. The van der Waals surface area contributed by atoms with Crippen LogP contribution in [0.5, 0.6) is 0 Å². The van der Waals surface area contributed by atoms with Crippen LogP contribution in [0.3, 0.4) is 0 Å². The van der Waals surface area contributed by atoms with Gasteiger partial charge in [0.2, 0.25) is 10.0 Å². The number of sulfonamides is 1. The molecule has 1 heterocycles. The van der Waals surface area contributed by atoms with Gasteiger partial charge in [0.05, 0.1) is 5.25 Å². The molecule has 1 aromatic heterocycles. The van der Waals surface area contributed by atoms with Crippen molar-refractivity contribution in [3.8, 4) is 0 Å². The Kier molecular flexibility index (Phi) is 5.82. The van der Waals surface area contributed by atoms with Gasteiger partial charge in [-0.1, -0.05) is 6.92 Å². The molecule has 1 unspecified atom stereocenters. The van der Waals surface area contributed by atoms with Crippen molar-refractivity contribution in [2.24, 2.45) is 5.92 Å². The molecule has 0 radical (unpaired) electrons. The van der Waals surface area contributed by atoms with Crippen LogP contribution in [0.25, 0.3) is 11.1 Å². The highest BCUT2D eigenvalue weighted by Gasteiger charge is 2.25. The van der Waals surface area contributed by atoms with Crippen molar-refractivity contribution < 1.29 is 17.2 Å². The highest BCUT2D eigenvalue weighted by Crippen LogP contribution is 2.27. The zero-order chi connectivity index (χ0) is 18.7. The van der Waals surface area contributed by atoms with Crippen LogP contribution in [0, 0.1) is 11.7 Å². The van der Waals surface area contributed by atoms with Crippen LogP contribution in [-0.4, -0.2) is 31.2 Å². The van der Waals surface area contributed by atoms with E-state index in [1.807, 2.05) is 6.92 Å². The predicted molar refractivity (Wildman–Crippen MR) is 100 cm³/mol. The summed E-state index contributed by atoms with van der Waals surface area (Å²) in [5.41, 5.74) is 1.06. The van der Waals surface area contributed by atoms with Crippen molar-refractivity contribution in [3.05, 3.63) is 24.0 Å². The van der Waals surface area contributed by atoms with E-state index in [-0.39, 0.29) is 17.1 Å². The van der Waals surface area contributed by atoms with Gasteiger partial charge in [-0.3, -0.25) is 0 Å². The molecule has 1 saturated carbocycles. The van der Waals surface area contributed by atoms with Crippen molar-refractivity contribution in [2.45, 2.75) is 57.2 Å². The van der Waals surface area contributed by atoms with E-state index in [4.69, 9.17) is 4.42 Å². The maximum Gasteiger partial charge on any atom is 0.295 e. The van der Waals surface area contributed by atoms with E-state index >= 15 is 0 Å². The fourth-order valence-electron chi connectivity index (χ4n) is 3.24. The average molecular weight is 383 g/mol. The zero-order valence-electron chi connectivity index (χ0n) is 15.2. The Hall–Kier alpha value is -1.67. The predicted octanol–water partition coefficient (Wildman–Crippen LogP) is 3.66. The topological polar surface area (TPSA) is 84.2 Å². The summed E-state index contributed by atoms with van der Waals surface area (Å²) < 4.78 is 45.6. The number of anilines is 1. The molecule has 1 aliphatic rings. The fourth-order valence-corrected chi connectivity index (χ4v) is 4.43. The third-order valence-electron chi connectivity index (χ3n) is 5.20. The third-order valence-corrected chi connectivity index (χ3v) is 7.16. The van der Waals surface area contributed by atoms with Gasteiger partial charge in [-0.15, -0.1) is 0 Å². The first kappa shape index (κ1) is 19.1. The minimum Gasteiger partial charge on any atom is -0.423 e. The van der Waals surface area contributed by atoms with E-state index in [1.54, 1.807) is 13.0 Å². The van der Waals surface area contributed by atoms with E-state index in [9.17, 15) is 12.8 Å². The van der Waals surface area contributed by atoms with Crippen LogP contribution in [0.4, 0.5) is 10.4 Å². The maximum absolute atomic E-state index is 13.2. The summed E-state index contributed by atoms with van der Waals surface area (Å²) in [5.74, 6) is 0.00478. The zero-order valence-corrected chi connectivity index (χ0v) is 16.0. The van der Waals surface area contributed by atoms with Gasteiger partial charge < -0.3 is 9.73 Å². The lowest BCUT2D eigenvalue weighted by atomic mass is 9.86. The number of hydrogen-bond donors (Lipinski definition) is 2. The normalized spacial score (nSPS) is 22.4. The number of nitrogens with zero attached hydrogens (tertiary/aromatic N) is 1. The Morgan fingerprint density at radius 2 is 2.04 bits per heavy atom. The Morgan fingerprint density at radius 1 is 1.31 bits per heavy atom. The standard InChI is InChI=1S/C18H26FN3O3S/c1-3-12(2)26(23,24)20-11-13-4-7-15(8-5-13)21-18-22-16-9-6-14(19)10-17(16)25-18/h6,9-10,12-13,15,20H,3-5,7-8,11H2,1-2H3,(H,21,22). The molecule has 1 aliphatic carbocycles. The molecule has 1 atom stereocenters. The molecule has 1 aromatic carbocycles. The Labute approximate surface area is 153 Å². The number of oxazole rings is 1. The monoisotopic (exact) mass is 383 g/mol. The molecule has 0 spiro atoms. The summed E-state index contributed by atoms with van der Waals surface area (Å²) in [4.78, 5) is 4.33. The second kappa shape index (κ2) is 7.92. The lowest BCUT2D eigenvalue weighted by Crippen LogP contribution is -2.37. The average Bonchev–Trinajstić information content (AvgIpc) is 3.01. The molecule has 1 fully saturated rings. The van der Waals surface area contributed by atoms with E-state index in [0.29, 0.717) is 36.0 Å². The van der Waals surface area contributed by atoms with Crippen molar-refractivity contribution in [3.63, 3.8) is 0 Å². The van der Waals surface area contributed by atoms with E-state index in [1.165, 1.54) is 12.1 Å². The summed E-state index contributed by atoms with van der Waals surface area (Å²) in [6, 6.07) is 4.93. The summed E-state index contributed by atoms with van der Waals surface area (Å²) in [7, 11) is -3.21. The molecular formula is C18H26FN3O3S. The molecule has 2 aromatic rings. The molecule has 6 nitrogen and oxygen atoms in total. The molecular weight excluding hydrogens is 357 g/mol. The van der Waals surface area contributed by atoms with Crippen molar-refractivity contribution in [1.29, 1.82) is 0 Å². The van der Waals surface area contributed by atoms with Crippen molar-refractivity contribution in [1.82, 2.24) is 9.71 Å². The number of rotatable bonds is 7. The number of fused-ring (bicyclic) bond motifs is 1. The van der Waals surface area contributed by atoms with E-state index in [2.05, 4.69) is 15.0 Å². The third kappa shape index (κ3) is 4.54. The number of aromatic nitrogens is 1. The summed E-state index contributed by atoms with van der Waals surface area (Å²) >= 11 is 0. The minimum absolute atomic E-state index is 0.232. The fraction of sp³-hybridized carbons (Fsp3) is 0.611. The SMILES string of the molecule is CCC(C)S(=O)(=O)NCC1CCC(Nc2nc3ccc(F)cc3o2)CC1. The number of halogens is 1. The Morgan fingerprint density at radius 3 is 2.73 bits per heavy atom. The first-order valence-corrected chi connectivity index (χ1v) is 10.7. The lowest BCUT2D eigenvalue weighted by Gasteiger charge is -2.29. The number of nitrogens with one attached hydrogen (secondary N) is 2. The van der Waals surface area contributed by atoms with Crippen LogP contribution in [0.15, 0.2) is 22.6 Å². The van der Waals surface area contributed by atoms with Crippen LogP contribution in [-0.2, 0) is 10.0 Å². The minimum atomic E-state index is -3.21. The van der Waals surface area contributed by atoms with Crippen LogP contribution in [0.2, 0.25) is 0 Å². The summed E-state index contributed by atoms with van der Waals surface area (Å²) in [6.07, 6.45) is 4.33. The van der Waals surface area contributed by atoms with Crippen molar-refractivity contribution >= 4 is 27.1 Å². The molecule has 0 aliphatic heterocycles. The summed E-state index contributed by atoms with van der Waals surface area (Å²) in [5, 5.41) is 2.91. The Bertz CT molecular complexity index is 844. The molecule has 26 heavy (non-hydrogen) atoms. The second-order valence-electron chi connectivity index (χ2n) is 7.11. The molecule has 0 amide bonds. The smallest absolute Gasteiger partial charge is 0.295 e. The van der Waals surface area contributed by atoms with Crippen LogP contribution in [0.1, 0.15) is 46.0 Å². The second-order valence-corrected chi connectivity index (χ2v) is 9.29. The van der Waals surface area contributed by atoms with E-state index < -0.39 is 10.0 Å². The van der Waals surface area contributed by atoms with Crippen LogP contribution < -0.4 is 10.0 Å². The van der Waals surface area contributed by atoms with Gasteiger partial charge in [0.15, 0.2) is 5.58 Å². The van der Waals surface area contributed by atoms with Crippen molar-refractivity contribution in [2.75, 3.05) is 11.9 Å².